The maximum atomic E-state index is 13.3. The summed E-state index contributed by atoms with van der Waals surface area (Å²) in [6, 6.07) is 5.40. The summed E-state index contributed by atoms with van der Waals surface area (Å²) in [5.74, 6) is 1.52. The number of unbranched alkanes of at least 4 members (excludes halogenated alkanes) is 2. The van der Waals surface area contributed by atoms with Gasteiger partial charge in [-0.05, 0) is 76.6 Å². The molecule has 5 rings (SSSR count). The molecule has 2 amide bonds. The third-order valence-corrected chi connectivity index (χ3v) is 8.89. The van der Waals surface area contributed by atoms with Crippen molar-refractivity contribution in [2.75, 3.05) is 55.5 Å². The van der Waals surface area contributed by atoms with Gasteiger partial charge in [0.05, 0.1) is 30.7 Å². The molecule has 0 bridgehead atoms. The zero-order valence-electron chi connectivity index (χ0n) is 25.9. The van der Waals surface area contributed by atoms with Crippen molar-refractivity contribution in [3.63, 3.8) is 0 Å². The quantitative estimate of drug-likeness (QED) is 0.290. The molecule has 2 fully saturated rings. The van der Waals surface area contributed by atoms with E-state index >= 15 is 0 Å². The molecule has 3 aliphatic rings. The van der Waals surface area contributed by atoms with E-state index in [1.807, 2.05) is 13.0 Å². The zero-order valence-corrected chi connectivity index (χ0v) is 25.9. The standard InChI is InChI=1S/C32H47N7O4/c1-4-25-31(41)38(2)26-21-35-32(37-29(26)39(25)22-11-6-7-12-22)36-28-24(13-10-14-27(28)42-3)30(40)34-17-8-5-9-20-43-23-15-18-33-19-16-23/h10,13-14,21-23,25,33H,4-9,11-12,15-20H2,1-3H3,(H,34,40)(H,35,36,37)/t25-/m1/s1. The zero-order chi connectivity index (χ0) is 30.2. The van der Waals surface area contributed by atoms with Crippen molar-refractivity contribution in [1.82, 2.24) is 20.6 Å². The topological polar surface area (TPSA) is 121 Å². The van der Waals surface area contributed by atoms with E-state index in [9.17, 15) is 9.59 Å². The SMILES string of the molecule is CC[C@@H]1C(=O)N(C)c2cnc(Nc3c(OC)cccc3C(=O)NCCCCCOC3CCNCC3)nc2N1C1CCCC1. The predicted octanol–water partition coefficient (Wildman–Crippen LogP) is 4.40. The number of carbonyl (C=O) groups excluding carboxylic acids is 2. The van der Waals surface area contributed by atoms with Gasteiger partial charge in [0.25, 0.3) is 5.91 Å². The van der Waals surface area contributed by atoms with Gasteiger partial charge in [-0.25, -0.2) is 4.98 Å². The molecule has 1 aromatic carbocycles. The van der Waals surface area contributed by atoms with Crippen LogP contribution in [0.1, 0.15) is 81.5 Å². The lowest BCUT2D eigenvalue weighted by Crippen LogP contribution is -2.55. The number of carbonyl (C=O) groups is 2. The molecule has 1 aliphatic carbocycles. The highest BCUT2D eigenvalue weighted by molar-refractivity contribution is 6.05. The van der Waals surface area contributed by atoms with Gasteiger partial charge < -0.3 is 35.2 Å². The van der Waals surface area contributed by atoms with Crippen LogP contribution in [0.25, 0.3) is 0 Å². The number of amides is 2. The molecule has 43 heavy (non-hydrogen) atoms. The molecule has 3 heterocycles. The van der Waals surface area contributed by atoms with Crippen molar-refractivity contribution in [2.45, 2.75) is 89.3 Å². The highest BCUT2D eigenvalue weighted by Gasteiger charge is 2.41. The van der Waals surface area contributed by atoms with E-state index < -0.39 is 0 Å². The number of methoxy groups -OCH3 is 1. The Morgan fingerprint density at radius 3 is 2.65 bits per heavy atom. The van der Waals surface area contributed by atoms with E-state index in [2.05, 4.69) is 25.8 Å². The first-order chi connectivity index (χ1) is 21.0. The van der Waals surface area contributed by atoms with Gasteiger partial charge in [-0.1, -0.05) is 25.8 Å². The summed E-state index contributed by atoms with van der Waals surface area (Å²) < 4.78 is 11.6. The second-order valence-corrected chi connectivity index (χ2v) is 11.7. The van der Waals surface area contributed by atoms with Gasteiger partial charge in [0.15, 0.2) is 5.82 Å². The maximum Gasteiger partial charge on any atom is 0.253 e. The number of likely N-dealkylation sites (N-methyl/N-ethyl adjacent to an activating group) is 1. The minimum Gasteiger partial charge on any atom is -0.495 e. The smallest absolute Gasteiger partial charge is 0.253 e. The number of rotatable bonds is 13. The average Bonchev–Trinajstić information content (AvgIpc) is 3.57. The van der Waals surface area contributed by atoms with Crippen molar-refractivity contribution < 1.29 is 19.1 Å². The van der Waals surface area contributed by atoms with Crippen LogP contribution in [0, 0.1) is 0 Å². The summed E-state index contributed by atoms with van der Waals surface area (Å²) in [7, 11) is 3.37. The number of aromatic nitrogens is 2. The Morgan fingerprint density at radius 2 is 1.91 bits per heavy atom. The highest BCUT2D eigenvalue weighted by Crippen LogP contribution is 2.40. The molecule has 234 valence electrons. The number of ether oxygens (including phenoxy) is 2. The van der Waals surface area contributed by atoms with E-state index in [0.717, 1.165) is 83.3 Å². The summed E-state index contributed by atoms with van der Waals surface area (Å²) in [6.07, 6.45) is 12.2. The number of hydrogen-bond acceptors (Lipinski definition) is 9. The average molecular weight is 594 g/mol. The van der Waals surface area contributed by atoms with Crippen LogP contribution in [0.4, 0.5) is 23.1 Å². The Balaban J connectivity index is 1.25. The Bertz CT molecular complexity index is 1250. The fraction of sp³-hybridized carbons (Fsp3) is 0.625. The van der Waals surface area contributed by atoms with Gasteiger partial charge in [0, 0.05) is 26.2 Å². The summed E-state index contributed by atoms with van der Waals surface area (Å²) in [4.78, 5) is 39.9. The van der Waals surface area contributed by atoms with Crippen LogP contribution in [0.5, 0.6) is 5.75 Å². The first-order valence-electron chi connectivity index (χ1n) is 16.0. The van der Waals surface area contributed by atoms with E-state index in [1.54, 1.807) is 37.4 Å². The third-order valence-electron chi connectivity index (χ3n) is 8.89. The molecular weight excluding hydrogens is 546 g/mol. The fourth-order valence-electron chi connectivity index (χ4n) is 6.49. The molecule has 0 unspecified atom stereocenters. The number of fused-ring (bicyclic) bond motifs is 1. The number of para-hydroxylation sites is 1. The molecule has 0 spiro atoms. The largest absolute Gasteiger partial charge is 0.495 e. The van der Waals surface area contributed by atoms with Gasteiger partial charge in [0.2, 0.25) is 11.9 Å². The van der Waals surface area contributed by atoms with Crippen molar-refractivity contribution in [2.24, 2.45) is 0 Å². The first kappa shape index (κ1) is 31.0. The van der Waals surface area contributed by atoms with Crippen LogP contribution >= 0.6 is 0 Å². The van der Waals surface area contributed by atoms with Crippen LogP contribution in [-0.4, -0.2) is 80.4 Å². The second kappa shape index (κ2) is 14.8. The summed E-state index contributed by atoms with van der Waals surface area (Å²) in [5, 5.41) is 9.70. The van der Waals surface area contributed by atoms with Gasteiger partial charge in [-0.3, -0.25) is 9.59 Å². The fourth-order valence-corrected chi connectivity index (χ4v) is 6.49. The van der Waals surface area contributed by atoms with E-state index in [1.165, 1.54) is 0 Å². The Hall–Kier alpha value is -3.44. The third kappa shape index (κ3) is 7.21. The Kier molecular flexibility index (Phi) is 10.7. The summed E-state index contributed by atoms with van der Waals surface area (Å²) >= 11 is 0. The number of piperidine rings is 1. The summed E-state index contributed by atoms with van der Waals surface area (Å²) in [5.41, 5.74) is 1.67. The monoisotopic (exact) mass is 593 g/mol. The van der Waals surface area contributed by atoms with Gasteiger partial charge >= 0.3 is 0 Å². The van der Waals surface area contributed by atoms with E-state index in [-0.39, 0.29) is 23.9 Å². The Morgan fingerprint density at radius 1 is 1.12 bits per heavy atom. The number of nitrogens with one attached hydrogen (secondary N) is 3. The normalized spacial score (nSPS) is 19.4. The molecule has 2 aromatic rings. The molecule has 2 aliphatic heterocycles. The lowest BCUT2D eigenvalue weighted by atomic mass is 10.0. The molecule has 0 radical (unpaired) electrons. The molecule has 11 nitrogen and oxygen atoms in total. The molecule has 1 atom stereocenters. The maximum absolute atomic E-state index is 13.3. The van der Waals surface area contributed by atoms with Gasteiger partial charge in [-0.15, -0.1) is 0 Å². The molecule has 1 saturated heterocycles. The number of hydrogen-bond donors (Lipinski definition) is 3. The van der Waals surface area contributed by atoms with Crippen LogP contribution < -0.4 is 30.5 Å². The molecule has 11 heteroatoms. The van der Waals surface area contributed by atoms with Crippen molar-refractivity contribution >= 4 is 35.0 Å². The Labute approximate surface area is 255 Å². The van der Waals surface area contributed by atoms with Crippen LogP contribution in [0.15, 0.2) is 24.4 Å². The molecular formula is C32H47N7O4. The van der Waals surface area contributed by atoms with Crippen molar-refractivity contribution in [1.29, 1.82) is 0 Å². The molecule has 1 saturated carbocycles. The second-order valence-electron chi connectivity index (χ2n) is 11.7. The van der Waals surface area contributed by atoms with E-state index in [0.29, 0.717) is 47.7 Å². The van der Waals surface area contributed by atoms with Crippen LogP contribution in [0.2, 0.25) is 0 Å². The number of nitrogens with zero attached hydrogens (tertiary/aromatic N) is 4. The van der Waals surface area contributed by atoms with Crippen molar-refractivity contribution in [3.05, 3.63) is 30.0 Å². The van der Waals surface area contributed by atoms with Crippen LogP contribution in [0.3, 0.4) is 0 Å². The lowest BCUT2D eigenvalue weighted by molar-refractivity contribution is -0.120. The predicted molar refractivity (Wildman–Crippen MR) is 169 cm³/mol. The first-order valence-corrected chi connectivity index (χ1v) is 16.0. The van der Waals surface area contributed by atoms with Crippen LogP contribution in [-0.2, 0) is 9.53 Å². The van der Waals surface area contributed by atoms with Gasteiger partial charge in [-0.2, -0.15) is 4.98 Å². The number of anilines is 4. The highest BCUT2D eigenvalue weighted by atomic mass is 16.5. The number of benzene rings is 1. The minimum absolute atomic E-state index is 0.0733. The molecule has 3 N–H and O–H groups in total. The minimum atomic E-state index is -0.257. The van der Waals surface area contributed by atoms with Gasteiger partial charge in [0.1, 0.15) is 17.5 Å². The lowest BCUT2D eigenvalue weighted by Gasteiger charge is -2.43. The summed E-state index contributed by atoms with van der Waals surface area (Å²) in [6.45, 7) is 5.46. The van der Waals surface area contributed by atoms with E-state index in [4.69, 9.17) is 14.5 Å². The molecule has 1 aromatic heterocycles. The van der Waals surface area contributed by atoms with Crippen molar-refractivity contribution in [3.8, 4) is 5.75 Å².